The van der Waals surface area contributed by atoms with Gasteiger partial charge in [0.05, 0.1) is 19.2 Å². The SMILES string of the molecule is O=CNCC(=O)NC(CC1CCCC1)C(=O)C1CO1. The van der Waals surface area contributed by atoms with Crippen LogP contribution in [0.25, 0.3) is 0 Å². The largest absolute Gasteiger partial charge is 0.365 e. The molecule has 6 nitrogen and oxygen atoms in total. The minimum absolute atomic E-state index is 0.0358. The Balaban J connectivity index is 1.86. The van der Waals surface area contributed by atoms with Gasteiger partial charge in [0.15, 0.2) is 5.78 Å². The van der Waals surface area contributed by atoms with Crippen molar-refractivity contribution in [2.45, 2.75) is 44.2 Å². The van der Waals surface area contributed by atoms with Crippen LogP contribution >= 0.6 is 0 Å². The highest BCUT2D eigenvalue weighted by Gasteiger charge is 2.38. The number of ether oxygens (including phenoxy) is 1. The van der Waals surface area contributed by atoms with Crippen molar-refractivity contribution in [3.8, 4) is 0 Å². The van der Waals surface area contributed by atoms with Crippen molar-refractivity contribution in [2.75, 3.05) is 13.2 Å². The van der Waals surface area contributed by atoms with Crippen LogP contribution in [-0.4, -0.2) is 43.4 Å². The summed E-state index contributed by atoms with van der Waals surface area (Å²) in [4.78, 5) is 33.8. The second kappa shape index (κ2) is 6.65. The van der Waals surface area contributed by atoms with Gasteiger partial charge in [0.1, 0.15) is 6.10 Å². The number of hydrogen-bond donors (Lipinski definition) is 2. The van der Waals surface area contributed by atoms with Gasteiger partial charge in [0, 0.05) is 0 Å². The third kappa shape index (κ3) is 4.31. The molecule has 2 fully saturated rings. The van der Waals surface area contributed by atoms with Crippen LogP contribution in [0, 0.1) is 5.92 Å². The van der Waals surface area contributed by atoms with Crippen LogP contribution in [0.4, 0.5) is 0 Å². The van der Waals surface area contributed by atoms with E-state index >= 15 is 0 Å². The van der Waals surface area contributed by atoms with E-state index in [-0.39, 0.29) is 24.3 Å². The van der Waals surface area contributed by atoms with E-state index in [4.69, 9.17) is 4.74 Å². The molecule has 0 bridgehead atoms. The molecular weight excluding hydrogens is 248 g/mol. The first-order chi connectivity index (χ1) is 9.20. The maximum Gasteiger partial charge on any atom is 0.239 e. The van der Waals surface area contributed by atoms with E-state index in [1.807, 2.05) is 0 Å². The van der Waals surface area contributed by atoms with Crippen molar-refractivity contribution >= 4 is 18.1 Å². The zero-order chi connectivity index (χ0) is 13.7. The minimum atomic E-state index is -0.475. The number of rotatable bonds is 8. The molecule has 0 aromatic heterocycles. The van der Waals surface area contributed by atoms with Crippen molar-refractivity contribution in [3.05, 3.63) is 0 Å². The van der Waals surface area contributed by atoms with Crippen molar-refractivity contribution in [1.29, 1.82) is 0 Å². The Kier molecular flexibility index (Phi) is 4.90. The highest BCUT2D eigenvalue weighted by molar-refractivity contribution is 5.93. The Hall–Kier alpha value is -1.43. The molecule has 1 aliphatic heterocycles. The molecular formula is C13H20N2O4. The molecule has 0 radical (unpaired) electrons. The first-order valence-corrected chi connectivity index (χ1v) is 6.82. The lowest BCUT2D eigenvalue weighted by Gasteiger charge is -2.20. The predicted molar refractivity (Wildman–Crippen MR) is 67.3 cm³/mol. The fourth-order valence-corrected chi connectivity index (χ4v) is 2.64. The van der Waals surface area contributed by atoms with Crippen LogP contribution in [0.2, 0.25) is 0 Å². The molecule has 2 amide bonds. The summed E-state index contributed by atoms with van der Waals surface area (Å²) < 4.78 is 5.01. The minimum Gasteiger partial charge on any atom is -0.365 e. The summed E-state index contributed by atoms with van der Waals surface area (Å²) in [5.74, 6) is 0.141. The lowest BCUT2D eigenvalue weighted by atomic mass is 9.94. The predicted octanol–water partition coefficient (Wildman–Crippen LogP) is -0.235. The summed E-state index contributed by atoms with van der Waals surface area (Å²) in [5, 5.41) is 5.01. The molecule has 2 aliphatic rings. The fourth-order valence-electron chi connectivity index (χ4n) is 2.64. The van der Waals surface area contributed by atoms with Crippen LogP contribution in [0.3, 0.4) is 0 Å². The number of carbonyl (C=O) groups excluding carboxylic acids is 3. The topological polar surface area (TPSA) is 87.8 Å². The van der Waals surface area contributed by atoms with Gasteiger partial charge < -0.3 is 15.4 Å². The summed E-state index contributed by atoms with van der Waals surface area (Å²) in [6, 6.07) is -0.475. The number of Topliss-reactive ketones (excluding diaryl/α,β-unsaturated/α-hetero) is 1. The standard InChI is InChI=1S/C13H20N2O4/c16-8-14-6-12(17)15-10(13(18)11-7-19-11)5-9-3-1-2-4-9/h8-11H,1-7H2,(H,14,16)(H,15,17). The average molecular weight is 268 g/mol. The normalized spacial score (nSPS) is 23.7. The lowest BCUT2D eigenvalue weighted by Crippen LogP contribution is -2.46. The number of amides is 2. The van der Waals surface area contributed by atoms with Crippen LogP contribution in [0.1, 0.15) is 32.1 Å². The Bertz CT molecular complexity index is 349. The highest BCUT2D eigenvalue weighted by atomic mass is 16.6. The number of nitrogens with one attached hydrogen (secondary N) is 2. The second-order valence-corrected chi connectivity index (χ2v) is 5.23. The van der Waals surface area contributed by atoms with E-state index in [9.17, 15) is 14.4 Å². The van der Waals surface area contributed by atoms with Crippen LogP contribution in [-0.2, 0) is 19.1 Å². The van der Waals surface area contributed by atoms with E-state index in [1.165, 1.54) is 12.8 Å². The van der Waals surface area contributed by atoms with Gasteiger partial charge in [-0.3, -0.25) is 14.4 Å². The monoisotopic (exact) mass is 268 g/mol. The summed E-state index contributed by atoms with van der Waals surface area (Å²) in [6.45, 7) is 0.367. The maximum absolute atomic E-state index is 12.1. The summed E-state index contributed by atoms with van der Waals surface area (Å²) >= 11 is 0. The van der Waals surface area contributed by atoms with Gasteiger partial charge in [-0.25, -0.2) is 0 Å². The summed E-state index contributed by atoms with van der Waals surface area (Å²) in [6.07, 6.45) is 5.46. The van der Waals surface area contributed by atoms with Crippen molar-refractivity contribution in [1.82, 2.24) is 10.6 Å². The number of hydrogen-bond acceptors (Lipinski definition) is 4. The fraction of sp³-hybridized carbons (Fsp3) is 0.769. The van der Waals surface area contributed by atoms with Gasteiger partial charge in [0.2, 0.25) is 12.3 Å². The molecule has 1 saturated carbocycles. The molecule has 0 aromatic carbocycles. The van der Waals surface area contributed by atoms with Gasteiger partial charge in [-0.15, -0.1) is 0 Å². The average Bonchev–Trinajstić information content (AvgIpc) is 3.13. The van der Waals surface area contributed by atoms with Gasteiger partial charge in [-0.1, -0.05) is 25.7 Å². The van der Waals surface area contributed by atoms with E-state index in [2.05, 4.69) is 10.6 Å². The highest BCUT2D eigenvalue weighted by Crippen LogP contribution is 2.29. The third-order valence-corrected chi connectivity index (χ3v) is 3.72. The molecule has 2 rings (SSSR count). The molecule has 1 aliphatic carbocycles. The molecule has 2 N–H and O–H groups in total. The maximum atomic E-state index is 12.1. The first-order valence-electron chi connectivity index (χ1n) is 6.82. The van der Waals surface area contributed by atoms with Crippen LogP contribution in [0.5, 0.6) is 0 Å². The van der Waals surface area contributed by atoms with Gasteiger partial charge in [0.25, 0.3) is 0 Å². The second-order valence-electron chi connectivity index (χ2n) is 5.23. The molecule has 1 saturated heterocycles. The van der Waals surface area contributed by atoms with Crippen molar-refractivity contribution < 1.29 is 19.1 Å². The van der Waals surface area contributed by atoms with Crippen LogP contribution < -0.4 is 10.6 Å². The van der Waals surface area contributed by atoms with E-state index in [0.717, 1.165) is 12.8 Å². The molecule has 2 atom stereocenters. The molecule has 0 spiro atoms. The Morgan fingerprint density at radius 3 is 2.58 bits per heavy atom. The van der Waals surface area contributed by atoms with E-state index in [0.29, 0.717) is 25.4 Å². The number of carbonyl (C=O) groups is 3. The van der Waals surface area contributed by atoms with E-state index in [1.54, 1.807) is 0 Å². The Morgan fingerprint density at radius 2 is 2.00 bits per heavy atom. The van der Waals surface area contributed by atoms with Crippen LogP contribution in [0.15, 0.2) is 0 Å². The van der Waals surface area contributed by atoms with Gasteiger partial charge in [-0.2, -0.15) is 0 Å². The molecule has 1 heterocycles. The number of epoxide rings is 1. The quantitative estimate of drug-likeness (QED) is 0.470. The first kappa shape index (κ1) is 14.0. The smallest absolute Gasteiger partial charge is 0.239 e. The molecule has 2 unspecified atom stereocenters. The molecule has 6 heteroatoms. The molecule has 106 valence electrons. The number of ketones is 1. The van der Waals surface area contributed by atoms with Gasteiger partial charge in [-0.05, 0) is 12.3 Å². The Labute approximate surface area is 112 Å². The summed E-state index contributed by atoms with van der Waals surface area (Å²) in [5.41, 5.74) is 0. The molecule has 0 aromatic rings. The van der Waals surface area contributed by atoms with Gasteiger partial charge >= 0.3 is 0 Å². The van der Waals surface area contributed by atoms with Crippen molar-refractivity contribution in [2.24, 2.45) is 5.92 Å². The Morgan fingerprint density at radius 1 is 1.32 bits per heavy atom. The van der Waals surface area contributed by atoms with Crippen molar-refractivity contribution in [3.63, 3.8) is 0 Å². The summed E-state index contributed by atoms with van der Waals surface area (Å²) in [7, 11) is 0. The third-order valence-electron chi connectivity index (χ3n) is 3.72. The lowest BCUT2D eigenvalue weighted by molar-refractivity contribution is -0.128. The zero-order valence-electron chi connectivity index (χ0n) is 10.9. The molecule has 19 heavy (non-hydrogen) atoms. The zero-order valence-corrected chi connectivity index (χ0v) is 10.9. The van der Waals surface area contributed by atoms with E-state index < -0.39 is 6.04 Å².